The van der Waals surface area contributed by atoms with E-state index in [0.29, 0.717) is 22.7 Å². The molecule has 28 heavy (non-hydrogen) atoms. The summed E-state index contributed by atoms with van der Waals surface area (Å²) in [4.78, 5) is 22.4. The number of fused-ring (bicyclic) bond motifs is 1. The van der Waals surface area contributed by atoms with Crippen molar-refractivity contribution in [2.45, 2.75) is 20.3 Å². The number of aromatic nitrogens is 2. The second-order valence-electron chi connectivity index (χ2n) is 6.71. The molecule has 2 heterocycles. The van der Waals surface area contributed by atoms with Crippen molar-refractivity contribution in [2.24, 2.45) is 0 Å². The number of H-pyrrole nitrogens is 1. The molecule has 4 nitrogen and oxygen atoms in total. The number of benzene rings is 2. The summed E-state index contributed by atoms with van der Waals surface area (Å²) in [6, 6.07) is 13.5. The Bertz CT molecular complexity index is 1230. The predicted octanol–water partition coefficient (Wildman–Crippen LogP) is 5.52. The topological polar surface area (TPSA) is 55.0 Å². The molecular weight excluding hydrogens is 392 g/mol. The lowest BCUT2D eigenvalue weighted by Crippen LogP contribution is -2.11. The third-order valence-electron chi connectivity index (χ3n) is 4.76. The van der Waals surface area contributed by atoms with Crippen molar-refractivity contribution >= 4 is 33.2 Å². The summed E-state index contributed by atoms with van der Waals surface area (Å²) in [5, 5.41) is 1.33. The summed E-state index contributed by atoms with van der Waals surface area (Å²) in [7, 11) is 1.66. The molecule has 0 saturated heterocycles. The van der Waals surface area contributed by atoms with Gasteiger partial charge in [-0.05, 0) is 54.8 Å². The fraction of sp³-hybridized carbons (Fsp3) is 0.182. The van der Waals surface area contributed by atoms with Crippen LogP contribution in [0.3, 0.4) is 0 Å². The van der Waals surface area contributed by atoms with Gasteiger partial charge in [0.1, 0.15) is 16.4 Å². The molecule has 0 radical (unpaired) electrons. The molecule has 1 N–H and O–H groups in total. The lowest BCUT2D eigenvalue weighted by atomic mass is 10.0. The normalized spacial score (nSPS) is 11.1. The number of nitrogens with one attached hydrogen (secondary N) is 1. The van der Waals surface area contributed by atoms with Crippen molar-refractivity contribution in [3.05, 3.63) is 79.7 Å². The predicted molar refractivity (Wildman–Crippen MR) is 116 cm³/mol. The first-order chi connectivity index (χ1) is 13.5. The molecule has 0 saturated carbocycles. The number of halogens is 1. The van der Waals surface area contributed by atoms with E-state index in [1.54, 1.807) is 18.4 Å². The van der Waals surface area contributed by atoms with E-state index in [0.717, 1.165) is 37.7 Å². The molecule has 2 aromatic heterocycles. The van der Waals surface area contributed by atoms with Gasteiger partial charge in [0.15, 0.2) is 0 Å². The van der Waals surface area contributed by atoms with Gasteiger partial charge in [-0.1, -0.05) is 29.8 Å². The summed E-state index contributed by atoms with van der Waals surface area (Å²) < 4.78 is 5.35. The average molecular weight is 411 g/mol. The molecule has 0 aliphatic heterocycles. The number of hydrogen-bond acceptors (Lipinski definition) is 4. The van der Waals surface area contributed by atoms with Crippen molar-refractivity contribution in [1.29, 1.82) is 0 Å². The molecule has 2 aromatic carbocycles. The van der Waals surface area contributed by atoms with Crippen LogP contribution in [0.25, 0.3) is 21.3 Å². The van der Waals surface area contributed by atoms with Gasteiger partial charge in [-0.25, -0.2) is 4.98 Å². The molecular formula is C22H19ClN2O2S. The zero-order valence-corrected chi connectivity index (χ0v) is 17.4. The van der Waals surface area contributed by atoms with Crippen LogP contribution in [-0.2, 0) is 6.42 Å². The van der Waals surface area contributed by atoms with E-state index in [2.05, 4.69) is 4.98 Å². The smallest absolute Gasteiger partial charge is 0.260 e. The minimum atomic E-state index is -0.109. The molecule has 0 fully saturated rings. The van der Waals surface area contributed by atoms with E-state index in [4.69, 9.17) is 21.3 Å². The second kappa shape index (κ2) is 7.41. The third kappa shape index (κ3) is 3.43. The first-order valence-corrected chi connectivity index (χ1v) is 10.1. The lowest BCUT2D eigenvalue weighted by Gasteiger charge is -2.08. The minimum absolute atomic E-state index is 0.109. The van der Waals surface area contributed by atoms with Crippen LogP contribution >= 0.6 is 22.9 Å². The summed E-state index contributed by atoms with van der Waals surface area (Å²) in [5.41, 5.74) is 3.91. The highest BCUT2D eigenvalue weighted by molar-refractivity contribution is 7.19. The number of aryl methyl sites for hydroxylation is 2. The van der Waals surface area contributed by atoms with Crippen LogP contribution in [0.1, 0.15) is 21.8 Å². The summed E-state index contributed by atoms with van der Waals surface area (Å²) >= 11 is 7.49. The first-order valence-electron chi connectivity index (χ1n) is 8.88. The van der Waals surface area contributed by atoms with Crippen molar-refractivity contribution < 1.29 is 4.74 Å². The Morgan fingerprint density at radius 2 is 1.89 bits per heavy atom. The summed E-state index contributed by atoms with van der Waals surface area (Å²) in [6.45, 7) is 4.03. The van der Waals surface area contributed by atoms with Gasteiger partial charge >= 0.3 is 0 Å². The van der Waals surface area contributed by atoms with Crippen LogP contribution < -0.4 is 10.3 Å². The first kappa shape index (κ1) is 18.7. The van der Waals surface area contributed by atoms with Crippen LogP contribution in [0.4, 0.5) is 0 Å². The van der Waals surface area contributed by atoms with Crippen LogP contribution in [0.5, 0.6) is 5.75 Å². The van der Waals surface area contributed by atoms with E-state index < -0.39 is 0 Å². The number of hydrogen-bond donors (Lipinski definition) is 1. The zero-order chi connectivity index (χ0) is 19.8. The van der Waals surface area contributed by atoms with Crippen LogP contribution in [-0.4, -0.2) is 17.1 Å². The molecule has 4 rings (SSSR count). The van der Waals surface area contributed by atoms with Gasteiger partial charge in [0.05, 0.1) is 12.5 Å². The Morgan fingerprint density at radius 3 is 2.57 bits per heavy atom. The van der Waals surface area contributed by atoms with Gasteiger partial charge in [-0.15, -0.1) is 11.3 Å². The van der Waals surface area contributed by atoms with Gasteiger partial charge < -0.3 is 9.72 Å². The van der Waals surface area contributed by atoms with E-state index >= 15 is 0 Å². The molecule has 0 amide bonds. The monoisotopic (exact) mass is 410 g/mol. The number of nitrogens with zero attached hydrogens (tertiary/aromatic N) is 1. The minimum Gasteiger partial charge on any atom is -0.496 e. The number of methoxy groups -OCH3 is 1. The molecule has 0 spiro atoms. The highest BCUT2D eigenvalue weighted by atomic mass is 35.5. The maximum Gasteiger partial charge on any atom is 0.260 e. The molecule has 0 aliphatic rings. The number of aromatic amines is 1. The van der Waals surface area contributed by atoms with Crippen LogP contribution in [0, 0.1) is 13.8 Å². The molecule has 142 valence electrons. The van der Waals surface area contributed by atoms with E-state index in [1.807, 2.05) is 56.3 Å². The summed E-state index contributed by atoms with van der Waals surface area (Å²) in [5.74, 6) is 1.48. The lowest BCUT2D eigenvalue weighted by molar-refractivity contribution is 0.412. The second-order valence-corrected chi connectivity index (χ2v) is 8.35. The fourth-order valence-corrected chi connectivity index (χ4v) is 4.62. The van der Waals surface area contributed by atoms with Gasteiger partial charge in [-0.3, -0.25) is 4.79 Å². The van der Waals surface area contributed by atoms with Crippen molar-refractivity contribution in [3.63, 3.8) is 0 Å². The van der Waals surface area contributed by atoms with Crippen LogP contribution in [0.2, 0.25) is 5.02 Å². The maximum absolute atomic E-state index is 12.9. The fourth-order valence-electron chi connectivity index (χ4n) is 3.42. The number of rotatable bonds is 4. The van der Waals surface area contributed by atoms with Gasteiger partial charge in [0.2, 0.25) is 0 Å². The molecule has 0 atom stereocenters. The Balaban J connectivity index is 1.80. The van der Waals surface area contributed by atoms with Gasteiger partial charge in [0, 0.05) is 21.9 Å². The number of ether oxygens (including phenoxy) is 1. The Labute approximate surface area is 171 Å². The van der Waals surface area contributed by atoms with E-state index in [1.165, 1.54) is 0 Å². The highest BCUT2D eigenvalue weighted by Gasteiger charge is 2.17. The number of thiophene rings is 1. The van der Waals surface area contributed by atoms with Crippen molar-refractivity contribution in [1.82, 2.24) is 9.97 Å². The van der Waals surface area contributed by atoms with Crippen molar-refractivity contribution in [2.75, 3.05) is 7.11 Å². The highest BCUT2D eigenvalue weighted by Crippen LogP contribution is 2.37. The molecule has 4 aromatic rings. The standard InChI is InChI=1S/C22H19ClN2O2S/c1-12-10-15(6-9-17(12)27-3)19-13(2)28-22-20(19)21(26)24-18(25-22)11-14-4-7-16(23)8-5-14/h4-10H,11H2,1-3H3,(H,24,25,26). The molecule has 6 heteroatoms. The molecule has 0 unspecified atom stereocenters. The molecule has 0 aliphatic carbocycles. The zero-order valence-electron chi connectivity index (χ0n) is 15.8. The van der Waals surface area contributed by atoms with Gasteiger partial charge in [0.25, 0.3) is 5.56 Å². The SMILES string of the molecule is COc1ccc(-c2c(C)sc3nc(Cc4ccc(Cl)cc4)[nH]c(=O)c23)cc1C. The molecule has 0 bridgehead atoms. The quantitative estimate of drug-likeness (QED) is 0.481. The van der Waals surface area contributed by atoms with E-state index in [-0.39, 0.29) is 5.56 Å². The van der Waals surface area contributed by atoms with Gasteiger partial charge in [-0.2, -0.15) is 0 Å². The summed E-state index contributed by atoms with van der Waals surface area (Å²) in [6.07, 6.45) is 0.552. The van der Waals surface area contributed by atoms with Crippen LogP contribution in [0.15, 0.2) is 47.3 Å². The Hall–Kier alpha value is -2.63. The average Bonchev–Trinajstić information content (AvgIpc) is 3.00. The Kier molecular flexibility index (Phi) is 4.96. The maximum atomic E-state index is 12.9. The van der Waals surface area contributed by atoms with E-state index in [9.17, 15) is 4.79 Å². The third-order valence-corrected chi connectivity index (χ3v) is 6.01. The largest absolute Gasteiger partial charge is 0.496 e. The Morgan fingerprint density at radius 1 is 1.14 bits per heavy atom. The van der Waals surface area contributed by atoms with Crippen molar-refractivity contribution in [3.8, 4) is 16.9 Å².